The molecule has 0 unspecified atom stereocenters. The number of aliphatic hydroxyl groups is 1. The molecule has 0 bridgehead atoms. The lowest BCUT2D eigenvalue weighted by Gasteiger charge is -2.15. The Kier molecular flexibility index (Phi) is 6.50. The van der Waals surface area contributed by atoms with E-state index < -0.39 is 5.91 Å². The van der Waals surface area contributed by atoms with Gasteiger partial charge < -0.3 is 30.3 Å². The maximum Gasteiger partial charge on any atom is 0.271 e. The van der Waals surface area contributed by atoms with Crippen LogP contribution in [0.4, 0.5) is 0 Å². The molecule has 156 valence electrons. The zero-order valence-corrected chi connectivity index (χ0v) is 16.5. The van der Waals surface area contributed by atoms with Gasteiger partial charge >= 0.3 is 0 Å². The summed E-state index contributed by atoms with van der Waals surface area (Å²) < 4.78 is 16.9. The third kappa shape index (κ3) is 4.50. The van der Waals surface area contributed by atoms with Crippen molar-refractivity contribution < 1.29 is 28.8 Å². The van der Waals surface area contributed by atoms with Crippen LogP contribution in [-0.4, -0.2) is 41.3 Å². The molecule has 11 heteroatoms. The largest absolute Gasteiger partial charge is 0.618 e. The minimum Gasteiger partial charge on any atom is -0.618 e. The molecule has 0 aliphatic carbocycles. The fourth-order valence-electron chi connectivity index (χ4n) is 2.44. The molecular weight excluding hydrogens is 416 g/mol. The molecule has 3 N–H and O–H groups in total. The summed E-state index contributed by atoms with van der Waals surface area (Å²) in [5.74, 6) is -0.912. The highest BCUT2D eigenvalue weighted by atomic mass is 35.5. The van der Waals surface area contributed by atoms with Gasteiger partial charge in [0.05, 0.1) is 18.7 Å². The molecule has 0 radical (unpaired) electrons. The topological polar surface area (TPSA) is 144 Å². The van der Waals surface area contributed by atoms with E-state index in [1.54, 1.807) is 12.1 Å². The first kappa shape index (κ1) is 21.1. The quantitative estimate of drug-likeness (QED) is 0.404. The van der Waals surface area contributed by atoms with Gasteiger partial charge in [0.25, 0.3) is 17.5 Å². The fourth-order valence-corrected chi connectivity index (χ4v) is 2.60. The van der Waals surface area contributed by atoms with E-state index in [-0.39, 0.29) is 52.8 Å². The first-order chi connectivity index (χ1) is 14.4. The van der Waals surface area contributed by atoms with Gasteiger partial charge in [0.15, 0.2) is 11.9 Å². The number of nitrogens with zero attached hydrogens (tertiary/aromatic N) is 3. The van der Waals surface area contributed by atoms with Crippen molar-refractivity contribution >= 4 is 17.5 Å². The highest BCUT2D eigenvalue weighted by molar-refractivity contribution is 6.32. The lowest BCUT2D eigenvalue weighted by Crippen LogP contribution is -2.29. The van der Waals surface area contributed by atoms with Crippen LogP contribution in [-0.2, 0) is 0 Å². The molecule has 0 aliphatic heterocycles. The van der Waals surface area contributed by atoms with Gasteiger partial charge in [0.2, 0.25) is 11.6 Å². The van der Waals surface area contributed by atoms with Crippen LogP contribution in [0.5, 0.6) is 23.1 Å². The normalized spacial score (nSPS) is 10.5. The highest BCUT2D eigenvalue weighted by Crippen LogP contribution is 2.38. The van der Waals surface area contributed by atoms with E-state index in [1.165, 1.54) is 37.6 Å². The number of halogens is 1. The van der Waals surface area contributed by atoms with Crippen LogP contribution in [0.1, 0.15) is 10.5 Å². The van der Waals surface area contributed by atoms with Crippen LogP contribution in [0.3, 0.4) is 0 Å². The number of rotatable bonds is 8. The second kappa shape index (κ2) is 9.25. The first-order valence-electron chi connectivity index (χ1n) is 8.60. The minimum absolute atomic E-state index is 0.0554. The molecule has 0 atom stereocenters. The average molecular weight is 433 g/mol. The van der Waals surface area contributed by atoms with Crippen molar-refractivity contribution in [2.24, 2.45) is 5.73 Å². The molecule has 2 heterocycles. The Morgan fingerprint density at radius 3 is 2.77 bits per heavy atom. The summed E-state index contributed by atoms with van der Waals surface area (Å²) in [5.41, 5.74) is 5.21. The number of primary amides is 1. The number of ether oxygens (including phenoxy) is 3. The number of benzene rings is 1. The number of hydrogen-bond acceptors (Lipinski definition) is 8. The third-order valence-corrected chi connectivity index (χ3v) is 4.11. The molecule has 30 heavy (non-hydrogen) atoms. The number of aliphatic hydroxyl groups excluding tert-OH is 1. The zero-order valence-electron chi connectivity index (χ0n) is 15.7. The van der Waals surface area contributed by atoms with Crippen molar-refractivity contribution in [3.63, 3.8) is 0 Å². The summed E-state index contributed by atoms with van der Waals surface area (Å²) in [5, 5.41) is 21.4. The number of pyridine rings is 1. The third-order valence-electron chi connectivity index (χ3n) is 3.80. The summed E-state index contributed by atoms with van der Waals surface area (Å²) in [4.78, 5) is 20.4. The molecule has 3 rings (SSSR count). The summed E-state index contributed by atoms with van der Waals surface area (Å²) in [7, 11) is 1.47. The number of methoxy groups -OCH3 is 1. The van der Waals surface area contributed by atoms with Crippen LogP contribution in [0.25, 0.3) is 11.5 Å². The summed E-state index contributed by atoms with van der Waals surface area (Å²) in [6.07, 6.45) is 1.25. The number of hydrogen-bond donors (Lipinski definition) is 2. The van der Waals surface area contributed by atoms with Crippen molar-refractivity contribution in [3.8, 4) is 34.6 Å². The molecule has 0 fully saturated rings. The molecule has 2 aromatic heterocycles. The fraction of sp³-hybridized carbons (Fsp3) is 0.158. The van der Waals surface area contributed by atoms with Gasteiger partial charge in [-0.15, -0.1) is 0 Å². The molecule has 10 nitrogen and oxygen atoms in total. The smallest absolute Gasteiger partial charge is 0.271 e. The van der Waals surface area contributed by atoms with Crippen LogP contribution in [0.15, 0.2) is 42.6 Å². The number of carbonyl (C=O) groups is 1. The lowest BCUT2D eigenvalue weighted by atomic mass is 10.2. The van der Waals surface area contributed by atoms with Gasteiger partial charge in [-0.2, -0.15) is 9.71 Å². The van der Waals surface area contributed by atoms with E-state index in [9.17, 15) is 10.0 Å². The monoisotopic (exact) mass is 432 g/mol. The SMILES string of the molecule is COc1ccc(Cl)c(Oc2c(OCCO)nc(-c3cccc[n+]3[O-])nc2C(N)=O)c1. The molecule has 0 saturated heterocycles. The molecular formula is C19H17ClN4O6. The Labute approximate surface area is 176 Å². The number of aromatic nitrogens is 3. The summed E-state index contributed by atoms with van der Waals surface area (Å²) in [6.45, 7) is -0.499. The number of nitrogens with two attached hydrogens (primary N) is 1. The van der Waals surface area contributed by atoms with Crippen LogP contribution >= 0.6 is 11.6 Å². The van der Waals surface area contributed by atoms with Gasteiger partial charge in [-0.25, -0.2) is 4.98 Å². The Hall–Kier alpha value is -3.63. The van der Waals surface area contributed by atoms with Crippen molar-refractivity contribution in [1.82, 2.24) is 9.97 Å². The average Bonchev–Trinajstić information content (AvgIpc) is 2.74. The van der Waals surface area contributed by atoms with Crippen molar-refractivity contribution in [1.29, 1.82) is 0 Å². The van der Waals surface area contributed by atoms with Crippen LogP contribution in [0.2, 0.25) is 5.02 Å². The molecule has 3 aromatic rings. The predicted molar refractivity (Wildman–Crippen MR) is 106 cm³/mol. The molecule has 0 spiro atoms. The van der Waals surface area contributed by atoms with E-state index in [2.05, 4.69) is 9.97 Å². The van der Waals surface area contributed by atoms with Gasteiger partial charge in [0.1, 0.15) is 18.1 Å². The van der Waals surface area contributed by atoms with Gasteiger partial charge in [0, 0.05) is 18.2 Å². The second-order valence-corrected chi connectivity index (χ2v) is 6.18. The summed E-state index contributed by atoms with van der Waals surface area (Å²) in [6, 6.07) is 9.23. The van der Waals surface area contributed by atoms with Crippen molar-refractivity contribution in [2.45, 2.75) is 0 Å². The van der Waals surface area contributed by atoms with Gasteiger partial charge in [-0.05, 0) is 18.2 Å². The van der Waals surface area contributed by atoms with Crippen LogP contribution < -0.4 is 24.7 Å². The Morgan fingerprint density at radius 2 is 2.10 bits per heavy atom. The molecule has 1 aromatic carbocycles. The summed E-state index contributed by atoms with van der Waals surface area (Å²) >= 11 is 6.18. The number of amides is 1. The maximum absolute atomic E-state index is 12.1. The molecule has 0 saturated carbocycles. The second-order valence-electron chi connectivity index (χ2n) is 5.78. The van der Waals surface area contributed by atoms with E-state index in [0.29, 0.717) is 10.5 Å². The Bertz CT molecular complexity index is 1080. The predicted octanol–water partition coefficient (Wildman–Crippen LogP) is 1.70. The zero-order chi connectivity index (χ0) is 21.7. The van der Waals surface area contributed by atoms with Gasteiger partial charge in [-0.1, -0.05) is 11.6 Å². The van der Waals surface area contributed by atoms with E-state index in [0.717, 1.165) is 0 Å². The van der Waals surface area contributed by atoms with E-state index >= 15 is 0 Å². The van der Waals surface area contributed by atoms with Gasteiger partial charge in [-0.3, -0.25) is 4.79 Å². The Balaban J connectivity index is 2.18. The van der Waals surface area contributed by atoms with Crippen molar-refractivity contribution in [3.05, 3.63) is 58.5 Å². The lowest BCUT2D eigenvalue weighted by molar-refractivity contribution is -0.594. The Morgan fingerprint density at radius 1 is 1.30 bits per heavy atom. The first-order valence-corrected chi connectivity index (χ1v) is 8.97. The highest BCUT2D eigenvalue weighted by Gasteiger charge is 2.26. The molecule has 0 aliphatic rings. The van der Waals surface area contributed by atoms with E-state index in [4.69, 9.17) is 36.7 Å². The van der Waals surface area contributed by atoms with Crippen LogP contribution in [0, 0.1) is 5.21 Å². The van der Waals surface area contributed by atoms with E-state index in [1.807, 2.05) is 0 Å². The minimum atomic E-state index is -0.949. The standard InChI is InChI=1S/C19H17ClN4O6/c1-28-11-5-6-12(20)14(10-11)30-16-15(17(21)26)22-18(23-19(16)29-9-8-25)13-4-2-3-7-24(13)27/h2-7,10,25H,8-9H2,1H3,(H2,21,26). The van der Waals surface area contributed by atoms with Crippen molar-refractivity contribution in [2.75, 3.05) is 20.3 Å². The molecule has 1 amide bonds. The number of carbonyl (C=O) groups excluding carboxylic acids is 1. The maximum atomic E-state index is 12.1.